The van der Waals surface area contributed by atoms with Crippen LogP contribution in [-0.2, 0) is 6.42 Å². The van der Waals surface area contributed by atoms with Crippen LogP contribution < -0.4 is 10.6 Å². The highest BCUT2D eigenvalue weighted by Gasteiger charge is 2.12. The van der Waals surface area contributed by atoms with Crippen LogP contribution in [0.2, 0.25) is 5.15 Å². The molecular formula is C18H33ClIN5. The summed E-state index contributed by atoms with van der Waals surface area (Å²) in [6.07, 6.45) is 2.70. The molecule has 0 aliphatic rings. The SMILES string of the molecule is CCNC(=NCCN(C(C)C)C(C)C)NCCc1ccc(Cl)nc1.I. The molecule has 144 valence electrons. The van der Waals surface area contributed by atoms with Gasteiger partial charge < -0.3 is 10.6 Å². The monoisotopic (exact) mass is 481 g/mol. The van der Waals surface area contributed by atoms with E-state index in [2.05, 4.69) is 60.1 Å². The van der Waals surface area contributed by atoms with Gasteiger partial charge in [0, 0.05) is 37.9 Å². The average Bonchev–Trinajstić information content (AvgIpc) is 2.52. The average molecular weight is 482 g/mol. The molecule has 0 amide bonds. The summed E-state index contributed by atoms with van der Waals surface area (Å²) in [4.78, 5) is 11.2. The molecular weight excluding hydrogens is 449 g/mol. The Morgan fingerprint density at radius 3 is 2.40 bits per heavy atom. The standard InChI is InChI=1S/C18H32ClN5.HI/c1-6-20-18(22-11-12-24(14(2)3)15(4)5)21-10-9-16-7-8-17(19)23-13-16;/h7-8,13-15H,6,9-12H2,1-5H3,(H2,20,21,22);1H. The van der Waals surface area contributed by atoms with E-state index in [4.69, 9.17) is 11.6 Å². The minimum absolute atomic E-state index is 0. The van der Waals surface area contributed by atoms with Crippen LogP contribution in [0.5, 0.6) is 0 Å². The second-order valence-corrected chi connectivity index (χ2v) is 6.74. The summed E-state index contributed by atoms with van der Waals surface area (Å²) in [6.45, 7) is 14.4. The van der Waals surface area contributed by atoms with Crippen LogP contribution in [0.1, 0.15) is 40.2 Å². The van der Waals surface area contributed by atoms with E-state index in [1.165, 1.54) is 0 Å². The van der Waals surface area contributed by atoms with E-state index in [-0.39, 0.29) is 24.0 Å². The normalized spacial score (nSPS) is 11.8. The van der Waals surface area contributed by atoms with Crippen molar-refractivity contribution in [1.29, 1.82) is 0 Å². The molecule has 1 aromatic heterocycles. The van der Waals surface area contributed by atoms with Gasteiger partial charge in [0.15, 0.2) is 5.96 Å². The van der Waals surface area contributed by atoms with Crippen molar-refractivity contribution in [3.8, 4) is 0 Å². The number of rotatable bonds is 9. The number of aliphatic imine (C=N–C) groups is 1. The van der Waals surface area contributed by atoms with Crippen molar-refractivity contribution in [3.63, 3.8) is 0 Å². The molecule has 5 nitrogen and oxygen atoms in total. The first-order valence-corrected chi connectivity index (χ1v) is 9.20. The molecule has 25 heavy (non-hydrogen) atoms. The molecule has 0 aliphatic heterocycles. The van der Waals surface area contributed by atoms with Gasteiger partial charge in [-0.05, 0) is 52.7 Å². The largest absolute Gasteiger partial charge is 0.357 e. The van der Waals surface area contributed by atoms with Gasteiger partial charge in [-0.1, -0.05) is 17.7 Å². The molecule has 1 heterocycles. The fraction of sp³-hybridized carbons (Fsp3) is 0.667. The molecule has 0 saturated heterocycles. The van der Waals surface area contributed by atoms with Crippen LogP contribution >= 0.6 is 35.6 Å². The number of hydrogen-bond acceptors (Lipinski definition) is 3. The maximum atomic E-state index is 5.80. The van der Waals surface area contributed by atoms with Gasteiger partial charge in [0.2, 0.25) is 0 Å². The zero-order valence-corrected chi connectivity index (χ0v) is 19.1. The quantitative estimate of drug-likeness (QED) is 0.245. The first-order valence-electron chi connectivity index (χ1n) is 8.82. The third kappa shape index (κ3) is 10.2. The highest BCUT2D eigenvalue weighted by atomic mass is 127. The molecule has 1 rings (SSSR count). The van der Waals surface area contributed by atoms with Gasteiger partial charge in [-0.2, -0.15) is 0 Å². The van der Waals surface area contributed by atoms with Crippen LogP contribution in [0.3, 0.4) is 0 Å². The minimum Gasteiger partial charge on any atom is -0.357 e. The number of aromatic nitrogens is 1. The number of hydrogen-bond donors (Lipinski definition) is 2. The topological polar surface area (TPSA) is 52.6 Å². The van der Waals surface area contributed by atoms with E-state index in [0.717, 1.165) is 44.1 Å². The number of halogens is 2. The van der Waals surface area contributed by atoms with Crippen LogP contribution in [0.25, 0.3) is 0 Å². The molecule has 0 unspecified atom stereocenters. The van der Waals surface area contributed by atoms with Gasteiger partial charge in [-0.3, -0.25) is 9.89 Å². The third-order valence-corrected chi connectivity index (χ3v) is 4.02. The van der Waals surface area contributed by atoms with E-state index >= 15 is 0 Å². The highest BCUT2D eigenvalue weighted by molar-refractivity contribution is 14.0. The second kappa shape index (κ2) is 13.6. The van der Waals surface area contributed by atoms with Gasteiger partial charge in [-0.25, -0.2) is 4.98 Å². The van der Waals surface area contributed by atoms with Crippen molar-refractivity contribution in [2.24, 2.45) is 4.99 Å². The van der Waals surface area contributed by atoms with Gasteiger partial charge in [0.25, 0.3) is 0 Å². The first-order chi connectivity index (χ1) is 11.4. The van der Waals surface area contributed by atoms with Crippen LogP contribution in [0, 0.1) is 0 Å². The van der Waals surface area contributed by atoms with Crippen molar-refractivity contribution < 1.29 is 0 Å². The number of pyridine rings is 1. The summed E-state index contributed by atoms with van der Waals surface area (Å²) in [5.74, 6) is 0.867. The van der Waals surface area contributed by atoms with Crippen molar-refractivity contribution in [2.45, 2.75) is 53.1 Å². The molecule has 0 aliphatic carbocycles. The van der Waals surface area contributed by atoms with E-state index in [9.17, 15) is 0 Å². The van der Waals surface area contributed by atoms with Crippen molar-refractivity contribution in [1.82, 2.24) is 20.5 Å². The zero-order valence-electron chi connectivity index (χ0n) is 16.1. The predicted molar refractivity (Wildman–Crippen MR) is 119 cm³/mol. The Hall–Kier alpha value is -0.600. The highest BCUT2D eigenvalue weighted by Crippen LogP contribution is 2.05. The summed E-state index contributed by atoms with van der Waals surface area (Å²) in [5, 5.41) is 7.20. The van der Waals surface area contributed by atoms with Crippen LogP contribution in [0.4, 0.5) is 0 Å². The van der Waals surface area contributed by atoms with Crippen molar-refractivity contribution in [3.05, 3.63) is 29.0 Å². The van der Waals surface area contributed by atoms with Crippen LogP contribution in [0.15, 0.2) is 23.3 Å². The summed E-state index contributed by atoms with van der Waals surface area (Å²) in [6, 6.07) is 4.90. The maximum Gasteiger partial charge on any atom is 0.191 e. The van der Waals surface area contributed by atoms with E-state index in [0.29, 0.717) is 17.2 Å². The minimum atomic E-state index is 0. The molecule has 2 N–H and O–H groups in total. The van der Waals surface area contributed by atoms with Gasteiger partial charge in [0.05, 0.1) is 6.54 Å². The smallest absolute Gasteiger partial charge is 0.191 e. The second-order valence-electron chi connectivity index (χ2n) is 6.35. The Balaban J connectivity index is 0.00000576. The first kappa shape index (κ1) is 24.4. The summed E-state index contributed by atoms with van der Waals surface area (Å²) >= 11 is 5.80. The molecule has 7 heteroatoms. The molecule has 1 aromatic rings. The van der Waals surface area contributed by atoms with E-state index in [1.54, 1.807) is 0 Å². The lowest BCUT2D eigenvalue weighted by molar-refractivity contribution is 0.181. The Morgan fingerprint density at radius 2 is 1.88 bits per heavy atom. The number of nitrogens with zero attached hydrogens (tertiary/aromatic N) is 3. The lowest BCUT2D eigenvalue weighted by Crippen LogP contribution is -2.41. The van der Waals surface area contributed by atoms with Gasteiger partial charge in [-0.15, -0.1) is 24.0 Å². The summed E-state index contributed by atoms with van der Waals surface area (Å²) in [7, 11) is 0. The van der Waals surface area contributed by atoms with Crippen molar-refractivity contribution >= 4 is 41.5 Å². The molecule has 0 saturated carbocycles. The lowest BCUT2D eigenvalue weighted by atomic mass is 10.2. The number of guanidine groups is 1. The van der Waals surface area contributed by atoms with E-state index < -0.39 is 0 Å². The Labute approximate surface area is 175 Å². The van der Waals surface area contributed by atoms with Crippen molar-refractivity contribution in [2.75, 3.05) is 26.2 Å². The zero-order chi connectivity index (χ0) is 17.9. The summed E-state index contributed by atoms with van der Waals surface area (Å²) in [5.41, 5.74) is 1.16. The van der Waals surface area contributed by atoms with Crippen LogP contribution in [-0.4, -0.2) is 54.1 Å². The Kier molecular flexibility index (Phi) is 13.3. The van der Waals surface area contributed by atoms with E-state index in [1.807, 2.05) is 18.3 Å². The molecule has 0 fully saturated rings. The van der Waals surface area contributed by atoms with Gasteiger partial charge in [0.1, 0.15) is 5.15 Å². The fourth-order valence-electron chi connectivity index (χ4n) is 2.61. The molecule has 0 spiro atoms. The van der Waals surface area contributed by atoms with Gasteiger partial charge >= 0.3 is 0 Å². The Bertz CT molecular complexity index is 483. The summed E-state index contributed by atoms with van der Waals surface area (Å²) < 4.78 is 0. The Morgan fingerprint density at radius 1 is 1.20 bits per heavy atom. The molecule has 0 aromatic carbocycles. The lowest BCUT2D eigenvalue weighted by Gasteiger charge is -2.29. The molecule has 0 radical (unpaired) electrons. The number of nitrogens with one attached hydrogen (secondary N) is 2. The third-order valence-electron chi connectivity index (χ3n) is 3.79. The predicted octanol–water partition coefficient (Wildman–Crippen LogP) is 3.57. The molecule has 0 bridgehead atoms. The maximum absolute atomic E-state index is 5.80. The molecule has 0 atom stereocenters. The fourth-order valence-corrected chi connectivity index (χ4v) is 2.72.